The maximum Gasteiger partial charge on any atom is 0.407 e. The smallest absolute Gasteiger partial charge is 0.407 e. The number of benzene rings is 3. The third-order valence-corrected chi connectivity index (χ3v) is 14.7. The molecule has 0 saturated carbocycles. The number of hydrogen-bond acceptors (Lipinski definition) is 15. The number of aliphatic hydroxyl groups excluding tert-OH is 2. The molecule has 19 nitrogen and oxygen atoms in total. The van der Waals surface area contributed by atoms with E-state index in [0.717, 1.165) is 40.9 Å². The number of aliphatic hydroxyl groups is 2. The molecule has 3 aromatic carbocycles. The zero-order valence-electron chi connectivity index (χ0n) is 46.9. The van der Waals surface area contributed by atoms with Crippen molar-refractivity contribution in [1.82, 2.24) is 20.3 Å². The summed E-state index contributed by atoms with van der Waals surface area (Å²) in [7, 11) is -4.34. The average Bonchev–Trinajstić information content (AvgIpc) is 3.97. The lowest BCUT2D eigenvalue weighted by Crippen LogP contribution is -2.52. The van der Waals surface area contributed by atoms with Crippen molar-refractivity contribution in [2.75, 3.05) is 52.6 Å². The fourth-order valence-electron chi connectivity index (χ4n) is 8.59. The summed E-state index contributed by atoms with van der Waals surface area (Å²) in [5.74, 6) is -1.27. The van der Waals surface area contributed by atoms with Crippen LogP contribution in [0.4, 0.5) is 15.3 Å². The third kappa shape index (κ3) is 22.7. The van der Waals surface area contributed by atoms with Crippen LogP contribution >= 0.6 is 0 Å². The number of rotatable bonds is 25. The summed E-state index contributed by atoms with van der Waals surface area (Å²) < 4.78 is 62.9. The van der Waals surface area contributed by atoms with Gasteiger partial charge in [0.25, 0.3) is 5.69 Å². The van der Waals surface area contributed by atoms with Crippen LogP contribution in [0, 0.1) is 20.9 Å². The predicted molar refractivity (Wildman–Crippen MR) is 290 cm³/mol. The van der Waals surface area contributed by atoms with E-state index in [1.807, 2.05) is 109 Å². The van der Waals surface area contributed by atoms with Gasteiger partial charge in [-0.15, -0.1) is 0 Å². The first-order valence-electron chi connectivity index (χ1n) is 26.2. The van der Waals surface area contributed by atoms with Gasteiger partial charge in [-0.3, -0.25) is 10.1 Å². The van der Waals surface area contributed by atoms with Crippen molar-refractivity contribution >= 4 is 27.9 Å². The van der Waals surface area contributed by atoms with E-state index in [9.17, 15) is 38.3 Å². The Morgan fingerprint density at radius 1 is 0.684 bits per heavy atom. The fourth-order valence-corrected chi connectivity index (χ4v) is 10.3. The van der Waals surface area contributed by atoms with Gasteiger partial charge in [0.05, 0.1) is 60.5 Å². The molecule has 0 bridgehead atoms. The number of sulfonamides is 1. The van der Waals surface area contributed by atoms with Crippen LogP contribution in [-0.2, 0) is 51.3 Å². The molecule has 0 aromatic heterocycles. The highest BCUT2D eigenvalue weighted by Gasteiger charge is 2.39. The lowest BCUT2D eigenvalue weighted by Gasteiger charge is -2.36. The minimum atomic E-state index is -4.34. The van der Waals surface area contributed by atoms with Crippen LogP contribution in [0.15, 0.2) is 89.8 Å². The quantitative estimate of drug-likeness (QED) is 0.0396. The molecule has 0 spiro atoms. The molecule has 2 aliphatic rings. The molecular weight excluding hydrogens is 999 g/mol. The SMILES string of the molecule is CC(C)(CCC1(C)OCCO1)CN(C[C@@H](O)[C@H](Cc1ccccc1)NC(=O)OC(C)(C)C)S(=O)(=O)c1cccc([N+](=O)[O-])c1.CC(C)(CCC1(C)OCCO1)CNC[C@@H](O)[C@H](Cc1ccccc1)NC(=O)OC(C)(C)C. The topological polar surface area (TPSA) is 247 Å². The fraction of sp³-hybridized carbons (Fsp3) is 0.643. The van der Waals surface area contributed by atoms with Crippen molar-refractivity contribution in [1.29, 1.82) is 0 Å². The highest BCUT2D eigenvalue weighted by molar-refractivity contribution is 7.89. The number of non-ortho nitro benzene ring substituents is 1. The molecule has 4 atom stereocenters. The molecule has 76 heavy (non-hydrogen) atoms. The van der Waals surface area contributed by atoms with Gasteiger partial charge in [0.1, 0.15) is 11.2 Å². The Kier molecular flexibility index (Phi) is 23.2. The summed E-state index contributed by atoms with van der Waals surface area (Å²) >= 11 is 0. The van der Waals surface area contributed by atoms with Gasteiger partial charge in [0.15, 0.2) is 11.6 Å². The van der Waals surface area contributed by atoms with Crippen molar-refractivity contribution in [3.8, 4) is 0 Å². The molecule has 2 aliphatic heterocycles. The number of alkyl carbamates (subject to hydrolysis) is 2. The van der Waals surface area contributed by atoms with Gasteiger partial charge in [-0.2, -0.15) is 4.31 Å². The zero-order valence-corrected chi connectivity index (χ0v) is 47.7. The molecule has 426 valence electrons. The minimum Gasteiger partial charge on any atom is -0.444 e. The Bertz CT molecular complexity index is 2380. The number of nitrogens with one attached hydrogen (secondary N) is 3. The Morgan fingerprint density at radius 3 is 1.55 bits per heavy atom. The normalized spacial score (nSPS) is 17.4. The Balaban J connectivity index is 0.000000346. The van der Waals surface area contributed by atoms with Crippen LogP contribution in [-0.4, -0.2) is 140 Å². The molecule has 0 radical (unpaired) electrons. The van der Waals surface area contributed by atoms with Crippen LogP contribution in [0.5, 0.6) is 0 Å². The number of amides is 2. The summed E-state index contributed by atoms with van der Waals surface area (Å²) in [6.45, 7) is 25.5. The van der Waals surface area contributed by atoms with Crippen LogP contribution in [0.2, 0.25) is 0 Å². The monoisotopic (exact) mass is 1090 g/mol. The van der Waals surface area contributed by atoms with Crippen LogP contribution in [0.3, 0.4) is 0 Å². The summed E-state index contributed by atoms with van der Waals surface area (Å²) in [6, 6.07) is 22.4. The van der Waals surface area contributed by atoms with E-state index in [0.29, 0.717) is 52.2 Å². The van der Waals surface area contributed by atoms with Gasteiger partial charge in [-0.1, -0.05) is 94.4 Å². The lowest BCUT2D eigenvalue weighted by atomic mass is 9.86. The Labute approximate surface area is 451 Å². The summed E-state index contributed by atoms with van der Waals surface area (Å²) in [5, 5.41) is 42.8. The summed E-state index contributed by atoms with van der Waals surface area (Å²) in [4.78, 5) is 35.6. The van der Waals surface area contributed by atoms with E-state index >= 15 is 0 Å². The molecule has 2 heterocycles. The Morgan fingerprint density at radius 2 is 1.12 bits per heavy atom. The van der Waals surface area contributed by atoms with Crippen LogP contribution < -0.4 is 16.0 Å². The van der Waals surface area contributed by atoms with E-state index in [-0.39, 0.29) is 29.0 Å². The zero-order chi connectivity index (χ0) is 56.6. The van der Waals surface area contributed by atoms with E-state index in [1.165, 1.54) is 18.2 Å². The van der Waals surface area contributed by atoms with Gasteiger partial charge < -0.3 is 54.6 Å². The first kappa shape index (κ1) is 63.8. The second-order valence-electron chi connectivity index (χ2n) is 23.7. The predicted octanol–water partition coefficient (Wildman–Crippen LogP) is 8.29. The van der Waals surface area contributed by atoms with Gasteiger partial charge in [0, 0.05) is 51.2 Å². The molecule has 2 amide bonds. The van der Waals surface area contributed by atoms with Crippen LogP contribution in [0.25, 0.3) is 0 Å². The highest BCUT2D eigenvalue weighted by atomic mass is 32.2. The number of hydrogen-bond donors (Lipinski definition) is 5. The standard InChI is InChI=1S/C31H45N3O9S.C25H42N2O5/c1-29(2,3)43-28(36)32-26(19-23-11-8-7-9-12-23)27(35)21-33(22-30(4,5)15-16-31(6)41-17-18-42-31)44(39,40)25-14-10-13-24(20-25)34(37)38;1-23(2,3)32-22(29)27-20(16-19-10-8-7-9-11-19)21(28)17-26-18-24(4,5)12-13-25(6)30-14-15-31-25/h7-14,20,26-27,35H,15-19,21-22H2,1-6H3,(H,32,36);7-11,20-21,26,28H,12-18H2,1-6H3,(H,27,29)/t26-,27+;20-,21+/m00/s1. The van der Waals surface area contributed by atoms with Crippen molar-refractivity contribution < 1.29 is 61.6 Å². The minimum absolute atomic E-state index is 0.00552. The van der Waals surface area contributed by atoms with Crippen molar-refractivity contribution in [3.63, 3.8) is 0 Å². The maximum absolute atomic E-state index is 14.1. The second kappa shape index (κ2) is 27.7. The molecule has 0 unspecified atom stereocenters. The molecule has 2 fully saturated rings. The molecule has 5 N–H and O–H groups in total. The van der Waals surface area contributed by atoms with Crippen molar-refractivity contribution in [2.24, 2.45) is 10.8 Å². The molecule has 20 heteroatoms. The Hall–Kier alpha value is -4.77. The lowest BCUT2D eigenvalue weighted by molar-refractivity contribution is -0.385. The van der Waals surface area contributed by atoms with E-state index in [4.69, 9.17) is 28.4 Å². The number of carbonyl (C=O) groups is 2. The van der Waals surface area contributed by atoms with Crippen molar-refractivity contribution in [2.45, 2.75) is 174 Å². The van der Waals surface area contributed by atoms with E-state index < -0.39 is 86.2 Å². The first-order valence-corrected chi connectivity index (χ1v) is 27.6. The van der Waals surface area contributed by atoms with Gasteiger partial charge in [-0.05, 0) is 109 Å². The summed E-state index contributed by atoms with van der Waals surface area (Å²) in [6.07, 6.45) is 0.0645. The molecule has 0 aliphatic carbocycles. The number of nitro groups is 1. The van der Waals surface area contributed by atoms with Crippen molar-refractivity contribution in [3.05, 3.63) is 106 Å². The molecular formula is C56H87N5O14S. The number of nitro benzene ring substituents is 1. The number of carbonyl (C=O) groups excluding carboxylic acids is 2. The van der Waals surface area contributed by atoms with Crippen LogP contribution in [0.1, 0.15) is 120 Å². The van der Waals surface area contributed by atoms with Gasteiger partial charge in [-0.25, -0.2) is 18.0 Å². The van der Waals surface area contributed by atoms with Gasteiger partial charge >= 0.3 is 12.2 Å². The van der Waals surface area contributed by atoms with Gasteiger partial charge in [0.2, 0.25) is 10.0 Å². The van der Waals surface area contributed by atoms with E-state index in [2.05, 4.69) is 29.8 Å². The molecule has 3 aromatic rings. The first-order chi connectivity index (χ1) is 35.3. The largest absolute Gasteiger partial charge is 0.444 e. The number of nitrogens with zero attached hydrogens (tertiary/aromatic N) is 2. The molecule has 2 saturated heterocycles. The third-order valence-electron chi connectivity index (χ3n) is 12.9. The second-order valence-corrected chi connectivity index (χ2v) is 25.6. The van der Waals surface area contributed by atoms with E-state index in [1.54, 1.807) is 20.8 Å². The summed E-state index contributed by atoms with van der Waals surface area (Å²) in [5.41, 5.74) is -0.536. The average molecular weight is 1090 g/mol. The number of ether oxygens (including phenoxy) is 6. The molecule has 5 rings (SSSR count). The maximum atomic E-state index is 14.1. The highest BCUT2D eigenvalue weighted by Crippen LogP contribution is 2.35.